The van der Waals surface area contributed by atoms with Crippen LogP contribution in [-0.2, 0) is 0 Å². The van der Waals surface area contributed by atoms with Gasteiger partial charge >= 0.3 is 0 Å². The molecule has 1 saturated carbocycles. The maximum atomic E-state index is 6.04. The third-order valence-corrected chi connectivity index (χ3v) is 5.68. The summed E-state index contributed by atoms with van der Waals surface area (Å²) in [5.41, 5.74) is 6.45. The third-order valence-electron chi connectivity index (χ3n) is 5.68. The first-order valence-electron chi connectivity index (χ1n) is 7.40. The van der Waals surface area contributed by atoms with Crippen molar-refractivity contribution in [2.75, 3.05) is 33.2 Å². The minimum absolute atomic E-state index is 0.404. The summed E-state index contributed by atoms with van der Waals surface area (Å²) in [7, 11) is 2.31. The minimum Gasteiger partial charge on any atom is -0.329 e. The Balaban J connectivity index is 1.67. The van der Waals surface area contributed by atoms with Crippen molar-refractivity contribution in [1.29, 1.82) is 0 Å². The Labute approximate surface area is 105 Å². The first kappa shape index (κ1) is 11.9. The SMILES string of the molecule is CN1CCCC2CN(C3(CN)CCC3)CCC21. The van der Waals surface area contributed by atoms with E-state index in [9.17, 15) is 0 Å². The molecule has 2 atom stereocenters. The zero-order valence-corrected chi connectivity index (χ0v) is 11.2. The Kier molecular flexibility index (Phi) is 3.18. The molecule has 0 bridgehead atoms. The van der Waals surface area contributed by atoms with E-state index in [2.05, 4.69) is 16.8 Å². The van der Waals surface area contributed by atoms with E-state index in [0.29, 0.717) is 5.54 Å². The molecule has 2 aliphatic heterocycles. The molecular formula is C14H27N3. The van der Waals surface area contributed by atoms with Gasteiger partial charge in [0.15, 0.2) is 0 Å². The monoisotopic (exact) mass is 237 g/mol. The molecule has 2 saturated heterocycles. The van der Waals surface area contributed by atoms with E-state index in [1.807, 2.05) is 0 Å². The molecule has 3 heteroatoms. The highest BCUT2D eigenvalue weighted by atomic mass is 15.3. The summed E-state index contributed by atoms with van der Waals surface area (Å²) in [6.45, 7) is 4.78. The third kappa shape index (κ3) is 1.92. The lowest BCUT2D eigenvalue weighted by Crippen LogP contribution is -2.64. The molecule has 17 heavy (non-hydrogen) atoms. The van der Waals surface area contributed by atoms with E-state index >= 15 is 0 Å². The average molecular weight is 237 g/mol. The summed E-state index contributed by atoms with van der Waals surface area (Å²) in [5.74, 6) is 0.909. The molecule has 0 radical (unpaired) electrons. The van der Waals surface area contributed by atoms with Gasteiger partial charge in [-0.25, -0.2) is 0 Å². The van der Waals surface area contributed by atoms with Gasteiger partial charge in [0, 0.05) is 31.2 Å². The van der Waals surface area contributed by atoms with Crippen molar-refractivity contribution < 1.29 is 0 Å². The predicted octanol–water partition coefficient (Wildman–Crippen LogP) is 1.28. The highest BCUT2D eigenvalue weighted by Gasteiger charge is 2.45. The van der Waals surface area contributed by atoms with Gasteiger partial charge < -0.3 is 10.6 Å². The normalized spacial score (nSPS) is 38.5. The molecule has 2 unspecified atom stereocenters. The van der Waals surface area contributed by atoms with Crippen LogP contribution in [0.1, 0.15) is 38.5 Å². The lowest BCUT2D eigenvalue weighted by atomic mass is 9.72. The van der Waals surface area contributed by atoms with Crippen LogP contribution >= 0.6 is 0 Å². The molecule has 0 aromatic heterocycles. The van der Waals surface area contributed by atoms with Crippen LogP contribution in [0.2, 0.25) is 0 Å². The van der Waals surface area contributed by atoms with Crippen molar-refractivity contribution >= 4 is 0 Å². The first-order chi connectivity index (χ1) is 8.25. The largest absolute Gasteiger partial charge is 0.329 e. The molecule has 0 amide bonds. The van der Waals surface area contributed by atoms with Crippen LogP contribution in [0.3, 0.4) is 0 Å². The maximum Gasteiger partial charge on any atom is 0.0331 e. The van der Waals surface area contributed by atoms with Gasteiger partial charge in [0.25, 0.3) is 0 Å². The molecule has 2 N–H and O–H groups in total. The van der Waals surface area contributed by atoms with Crippen LogP contribution in [0.5, 0.6) is 0 Å². The van der Waals surface area contributed by atoms with E-state index in [1.54, 1.807) is 0 Å². The van der Waals surface area contributed by atoms with Crippen molar-refractivity contribution in [1.82, 2.24) is 9.80 Å². The van der Waals surface area contributed by atoms with Crippen LogP contribution in [0, 0.1) is 5.92 Å². The molecule has 2 heterocycles. The number of hydrogen-bond donors (Lipinski definition) is 1. The van der Waals surface area contributed by atoms with E-state index in [-0.39, 0.29) is 0 Å². The average Bonchev–Trinajstić information content (AvgIpc) is 2.28. The van der Waals surface area contributed by atoms with E-state index in [1.165, 1.54) is 58.2 Å². The summed E-state index contributed by atoms with van der Waals surface area (Å²) >= 11 is 0. The van der Waals surface area contributed by atoms with Crippen LogP contribution in [-0.4, -0.2) is 54.6 Å². The maximum absolute atomic E-state index is 6.04. The fraction of sp³-hybridized carbons (Fsp3) is 1.00. The number of likely N-dealkylation sites (tertiary alicyclic amines) is 2. The number of piperidine rings is 2. The van der Waals surface area contributed by atoms with Crippen molar-refractivity contribution in [2.45, 2.75) is 50.1 Å². The highest BCUT2D eigenvalue weighted by molar-refractivity contribution is 5.02. The Hall–Kier alpha value is -0.120. The van der Waals surface area contributed by atoms with Crippen molar-refractivity contribution in [2.24, 2.45) is 11.7 Å². The number of rotatable bonds is 2. The first-order valence-corrected chi connectivity index (χ1v) is 7.40. The molecule has 3 rings (SSSR count). The number of hydrogen-bond acceptors (Lipinski definition) is 3. The Bertz CT molecular complexity index is 269. The zero-order valence-electron chi connectivity index (χ0n) is 11.2. The van der Waals surface area contributed by atoms with Crippen LogP contribution in [0.4, 0.5) is 0 Å². The second-order valence-corrected chi connectivity index (χ2v) is 6.47. The van der Waals surface area contributed by atoms with Crippen LogP contribution in [0.25, 0.3) is 0 Å². The van der Waals surface area contributed by atoms with Crippen molar-refractivity contribution in [3.8, 4) is 0 Å². The molecular weight excluding hydrogens is 210 g/mol. The topological polar surface area (TPSA) is 32.5 Å². The molecule has 0 aromatic rings. The number of fused-ring (bicyclic) bond motifs is 1. The lowest BCUT2D eigenvalue weighted by Gasteiger charge is -2.55. The smallest absolute Gasteiger partial charge is 0.0331 e. The second kappa shape index (κ2) is 4.52. The minimum atomic E-state index is 0.404. The number of nitrogens with zero attached hydrogens (tertiary/aromatic N) is 2. The van der Waals surface area contributed by atoms with Gasteiger partial charge in [0.05, 0.1) is 0 Å². The summed E-state index contributed by atoms with van der Waals surface area (Å²) in [4.78, 5) is 5.35. The fourth-order valence-corrected chi connectivity index (χ4v) is 4.32. The second-order valence-electron chi connectivity index (χ2n) is 6.47. The molecule has 0 aromatic carbocycles. The fourth-order valence-electron chi connectivity index (χ4n) is 4.32. The summed E-state index contributed by atoms with van der Waals surface area (Å²) in [5, 5.41) is 0. The molecule has 0 spiro atoms. The summed E-state index contributed by atoms with van der Waals surface area (Å²) < 4.78 is 0. The van der Waals surface area contributed by atoms with Crippen molar-refractivity contribution in [3.63, 3.8) is 0 Å². The number of nitrogens with two attached hydrogens (primary N) is 1. The zero-order chi connectivity index (χ0) is 11.9. The summed E-state index contributed by atoms with van der Waals surface area (Å²) in [6.07, 6.45) is 8.27. The van der Waals surface area contributed by atoms with Gasteiger partial charge in [-0.2, -0.15) is 0 Å². The van der Waals surface area contributed by atoms with Crippen LogP contribution < -0.4 is 5.73 Å². The van der Waals surface area contributed by atoms with E-state index in [4.69, 9.17) is 5.73 Å². The quantitative estimate of drug-likeness (QED) is 0.785. The lowest BCUT2D eigenvalue weighted by molar-refractivity contribution is -0.0459. The van der Waals surface area contributed by atoms with Gasteiger partial charge in [-0.1, -0.05) is 0 Å². The van der Waals surface area contributed by atoms with Crippen LogP contribution in [0.15, 0.2) is 0 Å². The Morgan fingerprint density at radius 3 is 2.65 bits per heavy atom. The highest BCUT2D eigenvalue weighted by Crippen LogP contribution is 2.41. The van der Waals surface area contributed by atoms with Gasteiger partial charge in [0.1, 0.15) is 0 Å². The van der Waals surface area contributed by atoms with Gasteiger partial charge in [0.2, 0.25) is 0 Å². The van der Waals surface area contributed by atoms with E-state index < -0.39 is 0 Å². The van der Waals surface area contributed by atoms with Gasteiger partial charge in [-0.05, 0) is 58.0 Å². The van der Waals surface area contributed by atoms with Gasteiger partial charge in [-0.15, -0.1) is 0 Å². The summed E-state index contributed by atoms with van der Waals surface area (Å²) in [6, 6.07) is 0.856. The van der Waals surface area contributed by atoms with E-state index in [0.717, 1.165) is 18.5 Å². The Morgan fingerprint density at radius 1 is 1.18 bits per heavy atom. The molecule has 3 nitrogen and oxygen atoms in total. The van der Waals surface area contributed by atoms with Crippen molar-refractivity contribution in [3.05, 3.63) is 0 Å². The molecule has 3 aliphatic rings. The predicted molar refractivity (Wildman–Crippen MR) is 71.0 cm³/mol. The standard InChI is InChI=1S/C14H27N3/c1-16-8-2-4-12-10-17(9-5-13(12)16)14(11-15)6-3-7-14/h12-13H,2-11,15H2,1H3. The van der Waals surface area contributed by atoms with Gasteiger partial charge in [-0.3, -0.25) is 4.90 Å². The molecule has 3 fully saturated rings. The molecule has 1 aliphatic carbocycles. The Morgan fingerprint density at radius 2 is 2.00 bits per heavy atom. The molecule has 98 valence electrons.